The molecule has 0 spiro atoms. The first-order valence-corrected chi connectivity index (χ1v) is 14.0. The van der Waals surface area contributed by atoms with Gasteiger partial charge in [-0.25, -0.2) is 4.79 Å². The molecule has 0 aliphatic heterocycles. The normalized spacial score (nSPS) is 17.5. The topological polar surface area (TPSA) is 131 Å². The van der Waals surface area contributed by atoms with Crippen LogP contribution in [-0.2, 0) is 19.1 Å². The van der Waals surface area contributed by atoms with E-state index >= 15 is 0 Å². The fraction of sp³-hybridized carbons (Fsp3) is 0.419. The van der Waals surface area contributed by atoms with Gasteiger partial charge in [-0.1, -0.05) is 61.5 Å². The molecule has 4 atom stereocenters. The Morgan fingerprint density at radius 1 is 1.20 bits per heavy atom. The van der Waals surface area contributed by atoms with E-state index in [2.05, 4.69) is 17.2 Å². The molecule has 0 aromatic heterocycles. The molecule has 4 unspecified atom stereocenters. The number of anilines is 1. The van der Waals surface area contributed by atoms with Crippen LogP contribution in [0.25, 0.3) is 6.08 Å². The van der Waals surface area contributed by atoms with Gasteiger partial charge in [-0.2, -0.15) is 0 Å². The average molecular weight is 583 g/mol. The van der Waals surface area contributed by atoms with Crippen molar-refractivity contribution in [3.63, 3.8) is 0 Å². The fourth-order valence-corrected chi connectivity index (χ4v) is 4.89. The van der Waals surface area contributed by atoms with Crippen molar-refractivity contribution >= 4 is 47.2 Å². The summed E-state index contributed by atoms with van der Waals surface area (Å²) in [7, 11) is 0. The number of nitrogens with two attached hydrogens (primary N) is 1. The molecule has 0 heterocycles. The van der Waals surface area contributed by atoms with Crippen LogP contribution in [0.2, 0.25) is 5.02 Å². The third kappa shape index (κ3) is 8.57. The highest BCUT2D eigenvalue weighted by atomic mass is 35.5. The van der Waals surface area contributed by atoms with Crippen LogP contribution < -0.4 is 16.4 Å². The SMILES string of the molecule is C=Cc1cccc(C(C(=O)Nc2c(C)cccc2Cl)N(C(=O)C(CCC(N)=O)NC(=O)OC(C)(C)C)C2CC2C)c1. The number of benzene rings is 2. The van der Waals surface area contributed by atoms with Gasteiger partial charge in [0.25, 0.3) is 5.91 Å². The van der Waals surface area contributed by atoms with E-state index in [1.807, 2.05) is 26.0 Å². The lowest BCUT2D eigenvalue weighted by Crippen LogP contribution is -2.53. The van der Waals surface area contributed by atoms with Crippen LogP contribution in [0.4, 0.5) is 10.5 Å². The number of hydrogen-bond donors (Lipinski definition) is 3. The quantitative estimate of drug-likeness (QED) is 0.328. The molecule has 0 radical (unpaired) electrons. The maximum Gasteiger partial charge on any atom is 0.408 e. The molecule has 2 aromatic rings. The van der Waals surface area contributed by atoms with Gasteiger partial charge < -0.3 is 26.0 Å². The summed E-state index contributed by atoms with van der Waals surface area (Å²) < 4.78 is 5.39. The maximum absolute atomic E-state index is 14.3. The summed E-state index contributed by atoms with van der Waals surface area (Å²) in [6, 6.07) is 9.95. The number of amides is 4. The largest absolute Gasteiger partial charge is 0.444 e. The van der Waals surface area contributed by atoms with Crippen molar-refractivity contribution in [2.24, 2.45) is 11.7 Å². The number of carbonyl (C=O) groups excluding carboxylic acids is 4. The highest BCUT2D eigenvalue weighted by Crippen LogP contribution is 2.41. The molecule has 41 heavy (non-hydrogen) atoms. The first-order valence-electron chi connectivity index (χ1n) is 13.6. The lowest BCUT2D eigenvalue weighted by atomic mass is 9.99. The number of carbonyl (C=O) groups is 4. The van der Waals surface area contributed by atoms with E-state index in [4.69, 9.17) is 22.1 Å². The third-order valence-corrected chi connectivity index (χ3v) is 7.12. The molecule has 3 rings (SSSR count). The number of halogens is 1. The van der Waals surface area contributed by atoms with Crippen LogP contribution in [-0.4, -0.2) is 46.4 Å². The van der Waals surface area contributed by atoms with Gasteiger partial charge in [0.1, 0.15) is 17.7 Å². The molecule has 1 fully saturated rings. The fourth-order valence-electron chi connectivity index (χ4n) is 4.62. The monoisotopic (exact) mass is 582 g/mol. The van der Waals surface area contributed by atoms with E-state index < -0.39 is 41.5 Å². The Labute approximate surface area is 246 Å². The predicted octanol–water partition coefficient (Wildman–Crippen LogP) is 5.37. The second-order valence-electron chi connectivity index (χ2n) is 11.4. The minimum atomic E-state index is -1.16. The van der Waals surface area contributed by atoms with Crippen LogP contribution in [0.1, 0.15) is 69.7 Å². The summed E-state index contributed by atoms with van der Waals surface area (Å²) in [4.78, 5) is 54.4. The first-order chi connectivity index (χ1) is 19.2. The predicted molar refractivity (Wildman–Crippen MR) is 160 cm³/mol. The van der Waals surface area contributed by atoms with E-state index in [0.29, 0.717) is 22.7 Å². The van der Waals surface area contributed by atoms with E-state index in [-0.39, 0.29) is 24.8 Å². The van der Waals surface area contributed by atoms with Crippen LogP contribution in [0.5, 0.6) is 0 Å². The van der Waals surface area contributed by atoms with E-state index in [0.717, 1.165) is 11.1 Å². The molecular weight excluding hydrogens is 544 g/mol. The standard InChI is InChI=1S/C31H39ClN4O5/c1-7-20-11-9-12-21(17-20)27(28(38)35-26-18(2)10-8-13-22(26)32)36(24-16-19(24)3)29(39)23(14-15-25(33)37)34-30(40)41-31(4,5)6/h7-13,17,19,23-24,27H,1,14-16H2,2-6H3,(H2,33,37)(H,34,40)(H,35,38). The summed E-state index contributed by atoms with van der Waals surface area (Å²) in [5, 5.41) is 5.91. The van der Waals surface area contributed by atoms with Gasteiger partial charge in [0.2, 0.25) is 11.8 Å². The Morgan fingerprint density at radius 3 is 2.41 bits per heavy atom. The lowest BCUT2D eigenvalue weighted by molar-refractivity contribution is -0.142. The number of primary amides is 1. The first kappa shape index (κ1) is 31.7. The number of hydrogen-bond acceptors (Lipinski definition) is 5. The van der Waals surface area contributed by atoms with Crippen molar-refractivity contribution in [3.8, 4) is 0 Å². The van der Waals surface area contributed by atoms with Crippen LogP contribution in [0.3, 0.4) is 0 Å². The molecule has 10 heteroatoms. The number of aryl methyl sites for hydroxylation is 1. The average Bonchev–Trinajstić information content (AvgIpc) is 3.61. The zero-order valence-electron chi connectivity index (χ0n) is 24.2. The summed E-state index contributed by atoms with van der Waals surface area (Å²) in [6.45, 7) is 12.8. The second kappa shape index (κ2) is 13.2. The van der Waals surface area contributed by atoms with Gasteiger partial charge in [-0.15, -0.1) is 0 Å². The number of ether oxygens (including phenoxy) is 1. The summed E-state index contributed by atoms with van der Waals surface area (Å²) in [5.41, 5.74) is 7.11. The third-order valence-electron chi connectivity index (χ3n) is 6.81. The molecular formula is C31H39ClN4O5. The Kier molecular flexibility index (Phi) is 10.2. The Balaban J connectivity index is 2.08. The highest BCUT2D eigenvalue weighted by molar-refractivity contribution is 6.34. The molecule has 4 amide bonds. The minimum Gasteiger partial charge on any atom is -0.444 e. The molecule has 0 saturated heterocycles. The number of nitrogens with one attached hydrogen (secondary N) is 2. The van der Waals surface area contributed by atoms with Crippen LogP contribution in [0, 0.1) is 12.8 Å². The summed E-state index contributed by atoms with van der Waals surface area (Å²) >= 11 is 6.43. The Hall–Kier alpha value is -3.85. The molecule has 1 aliphatic carbocycles. The van der Waals surface area contributed by atoms with Gasteiger partial charge in [-0.3, -0.25) is 14.4 Å². The maximum atomic E-state index is 14.3. The zero-order valence-corrected chi connectivity index (χ0v) is 25.0. The number of nitrogens with zero attached hydrogens (tertiary/aromatic N) is 1. The zero-order chi connectivity index (χ0) is 30.5. The van der Waals surface area contributed by atoms with Crippen molar-refractivity contribution in [3.05, 3.63) is 70.8 Å². The van der Waals surface area contributed by atoms with Crippen molar-refractivity contribution in [1.82, 2.24) is 10.2 Å². The van der Waals surface area contributed by atoms with E-state index in [1.165, 1.54) is 4.90 Å². The number of para-hydroxylation sites is 1. The van der Waals surface area contributed by atoms with Gasteiger partial charge in [0, 0.05) is 12.5 Å². The molecule has 4 N–H and O–H groups in total. The van der Waals surface area contributed by atoms with Crippen molar-refractivity contribution < 1.29 is 23.9 Å². The Bertz CT molecular complexity index is 1300. The van der Waals surface area contributed by atoms with Gasteiger partial charge >= 0.3 is 6.09 Å². The number of rotatable bonds is 11. The molecule has 1 aliphatic rings. The second-order valence-corrected chi connectivity index (χ2v) is 11.8. The molecule has 220 valence electrons. The molecule has 9 nitrogen and oxygen atoms in total. The number of alkyl carbamates (subject to hydrolysis) is 1. The molecule has 1 saturated carbocycles. The Morgan fingerprint density at radius 2 is 1.85 bits per heavy atom. The van der Waals surface area contributed by atoms with Crippen LogP contribution >= 0.6 is 11.6 Å². The van der Waals surface area contributed by atoms with Gasteiger partial charge in [-0.05, 0) is 75.3 Å². The van der Waals surface area contributed by atoms with Gasteiger partial charge in [0.05, 0.1) is 10.7 Å². The van der Waals surface area contributed by atoms with Crippen LogP contribution in [0.15, 0.2) is 49.0 Å². The van der Waals surface area contributed by atoms with Crippen molar-refractivity contribution in [2.75, 3.05) is 5.32 Å². The van der Waals surface area contributed by atoms with E-state index in [1.54, 1.807) is 57.2 Å². The minimum absolute atomic E-state index is 0.0599. The highest BCUT2D eigenvalue weighted by Gasteiger charge is 2.48. The lowest BCUT2D eigenvalue weighted by Gasteiger charge is -2.35. The smallest absolute Gasteiger partial charge is 0.408 e. The molecule has 0 bridgehead atoms. The summed E-state index contributed by atoms with van der Waals surface area (Å²) in [5.74, 6) is -1.51. The van der Waals surface area contributed by atoms with Crippen molar-refractivity contribution in [1.29, 1.82) is 0 Å². The van der Waals surface area contributed by atoms with E-state index in [9.17, 15) is 19.2 Å². The van der Waals surface area contributed by atoms with Gasteiger partial charge in [0.15, 0.2) is 0 Å². The van der Waals surface area contributed by atoms with Crippen molar-refractivity contribution in [2.45, 2.75) is 77.6 Å². The summed E-state index contributed by atoms with van der Waals surface area (Å²) in [6.07, 6.45) is 1.29. The molecule has 2 aromatic carbocycles.